The normalized spacial score (nSPS) is 10.9. The summed E-state index contributed by atoms with van der Waals surface area (Å²) in [5.74, 6) is 0. The molecule has 112 valence electrons. The molecule has 5 heteroatoms. The van der Waals surface area contributed by atoms with Crippen molar-refractivity contribution in [2.45, 2.75) is 19.5 Å². The molecular weight excluding hydrogens is 367 g/mol. The van der Waals surface area contributed by atoms with Gasteiger partial charge in [-0.1, -0.05) is 24.3 Å². The summed E-state index contributed by atoms with van der Waals surface area (Å²) in [5.41, 5.74) is 4.53. The molecule has 0 bridgehead atoms. The van der Waals surface area contributed by atoms with Gasteiger partial charge in [0.1, 0.15) is 0 Å². The second-order valence-corrected chi connectivity index (χ2v) is 5.21. The van der Waals surface area contributed by atoms with Crippen LogP contribution in [0.2, 0.25) is 0 Å². The number of para-hydroxylation sites is 4. The first-order valence-electron chi connectivity index (χ1n) is 7.21. The second-order valence-electron chi connectivity index (χ2n) is 5.21. The molecule has 4 rings (SSSR count). The van der Waals surface area contributed by atoms with E-state index >= 15 is 0 Å². The van der Waals surface area contributed by atoms with Gasteiger partial charge in [-0.05, 0) is 30.7 Å². The van der Waals surface area contributed by atoms with Crippen molar-refractivity contribution in [1.82, 2.24) is 19.1 Å². The largest absolute Gasteiger partial charge is 2.00 e. The van der Waals surface area contributed by atoms with E-state index in [1.807, 2.05) is 24.8 Å². The first-order chi connectivity index (χ1) is 10.4. The van der Waals surface area contributed by atoms with Crippen LogP contribution in [0.3, 0.4) is 0 Å². The molecule has 2 aromatic heterocycles. The van der Waals surface area contributed by atoms with Crippen molar-refractivity contribution in [3.05, 3.63) is 61.2 Å². The molecule has 0 atom stereocenters. The number of rotatable bonds is 4. The molecule has 0 amide bonds. The van der Waals surface area contributed by atoms with Gasteiger partial charge in [0.15, 0.2) is 0 Å². The molecule has 0 spiro atoms. The Morgan fingerprint density at radius 3 is 1.64 bits per heavy atom. The molecule has 0 fully saturated rings. The molecule has 0 unspecified atom stereocenters. The number of fused-ring (bicyclic) bond motifs is 2. The van der Waals surface area contributed by atoms with Gasteiger partial charge in [0.25, 0.3) is 0 Å². The minimum Gasteiger partial charge on any atom is -0.331 e. The van der Waals surface area contributed by atoms with Crippen LogP contribution in [0.5, 0.6) is 0 Å². The van der Waals surface area contributed by atoms with E-state index in [0.29, 0.717) is 0 Å². The van der Waals surface area contributed by atoms with Crippen molar-refractivity contribution in [2.75, 3.05) is 0 Å². The molecule has 0 aliphatic heterocycles. The molecule has 0 saturated carbocycles. The predicted molar refractivity (Wildman–Crippen MR) is 84.1 cm³/mol. The van der Waals surface area contributed by atoms with E-state index in [-0.39, 0.29) is 20.4 Å². The molecule has 0 saturated heterocycles. The summed E-state index contributed by atoms with van der Waals surface area (Å²) in [6.45, 7) is 1.93. The summed E-state index contributed by atoms with van der Waals surface area (Å²) in [7, 11) is 0. The van der Waals surface area contributed by atoms with E-state index in [0.717, 1.165) is 30.5 Å². The maximum Gasteiger partial charge on any atom is 2.00 e. The van der Waals surface area contributed by atoms with Gasteiger partial charge < -0.3 is 9.13 Å². The SMILES string of the molecule is [Pd+2].c1ccc2c(c1)ncn2CCCn1cnc2ccccc21. The zero-order chi connectivity index (χ0) is 14.1. The Labute approximate surface area is 142 Å². The molecule has 4 aromatic rings. The Morgan fingerprint density at radius 2 is 1.14 bits per heavy atom. The maximum absolute atomic E-state index is 4.43. The number of benzene rings is 2. The van der Waals surface area contributed by atoms with E-state index < -0.39 is 0 Å². The maximum atomic E-state index is 4.43. The Hall–Kier alpha value is -1.96. The number of aryl methyl sites for hydroxylation is 2. The van der Waals surface area contributed by atoms with Crippen molar-refractivity contribution >= 4 is 22.1 Å². The van der Waals surface area contributed by atoms with Crippen molar-refractivity contribution < 1.29 is 20.4 Å². The van der Waals surface area contributed by atoms with E-state index in [4.69, 9.17) is 0 Å². The third-order valence-corrected chi connectivity index (χ3v) is 3.85. The van der Waals surface area contributed by atoms with Gasteiger partial charge in [-0.15, -0.1) is 0 Å². The summed E-state index contributed by atoms with van der Waals surface area (Å²) in [6.07, 6.45) is 4.91. The average Bonchev–Trinajstić information content (AvgIpc) is 3.13. The van der Waals surface area contributed by atoms with E-state index in [1.54, 1.807) is 0 Å². The number of imidazole rings is 2. The Bertz CT molecular complexity index is 820. The predicted octanol–water partition coefficient (Wildman–Crippen LogP) is 3.47. The van der Waals surface area contributed by atoms with Crippen LogP contribution in [-0.4, -0.2) is 19.1 Å². The minimum atomic E-state index is 0. The average molecular weight is 383 g/mol. The molecule has 0 aliphatic rings. The van der Waals surface area contributed by atoms with Crippen LogP contribution in [0, 0.1) is 0 Å². The van der Waals surface area contributed by atoms with E-state index in [2.05, 4.69) is 55.5 Å². The first-order valence-corrected chi connectivity index (χ1v) is 7.21. The minimum absolute atomic E-state index is 0. The van der Waals surface area contributed by atoms with Crippen molar-refractivity contribution in [1.29, 1.82) is 0 Å². The third-order valence-electron chi connectivity index (χ3n) is 3.85. The zero-order valence-corrected chi connectivity index (χ0v) is 13.6. The molecule has 2 heterocycles. The van der Waals surface area contributed by atoms with Crippen molar-refractivity contribution in [3.8, 4) is 0 Å². The molecular formula is C17H16N4Pd+2. The van der Waals surface area contributed by atoms with Gasteiger partial charge in [-0.3, -0.25) is 0 Å². The van der Waals surface area contributed by atoms with Gasteiger partial charge >= 0.3 is 20.4 Å². The third kappa shape index (κ3) is 2.70. The number of hydrogen-bond donors (Lipinski definition) is 0. The summed E-state index contributed by atoms with van der Waals surface area (Å²) < 4.78 is 4.43. The summed E-state index contributed by atoms with van der Waals surface area (Å²) in [4.78, 5) is 8.86. The Morgan fingerprint density at radius 1 is 0.682 bits per heavy atom. The van der Waals surface area contributed by atoms with Crippen LogP contribution in [0.15, 0.2) is 61.2 Å². The molecule has 0 N–H and O–H groups in total. The van der Waals surface area contributed by atoms with Crippen LogP contribution in [-0.2, 0) is 33.5 Å². The van der Waals surface area contributed by atoms with Gasteiger partial charge in [-0.25, -0.2) is 9.97 Å². The number of hydrogen-bond acceptors (Lipinski definition) is 2. The Balaban J connectivity index is 0.00000144. The van der Waals surface area contributed by atoms with Crippen LogP contribution in [0.1, 0.15) is 6.42 Å². The molecule has 0 aliphatic carbocycles. The quantitative estimate of drug-likeness (QED) is 0.507. The number of aromatic nitrogens is 4. The van der Waals surface area contributed by atoms with E-state index in [9.17, 15) is 0 Å². The monoisotopic (exact) mass is 382 g/mol. The molecule has 22 heavy (non-hydrogen) atoms. The topological polar surface area (TPSA) is 35.6 Å². The fourth-order valence-electron chi connectivity index (χ4n) is 2.79. The Kier molecular flexibility index (Phi) is 4.37. The first kappa shape index (κ1) is 15.0. The zero-order valence-electron chi connectivity index (χ0n) is 12.0. The van der Waals surface area contributed by atoms with Gasteiger partial charge in [0, 0.05) is 13.1 Å². The van der Waals surface area contributed by atoms with Crippen molar-refractivity contribution in [3.63, 3.8) is 0 Å². The smallest absolute Gasteiger partial charge is 0.331 e. The van der Waals surface area contributed by atoms with Gasteiger partial charge in [0.05, 0.1) is 34.7 Å². The van der Waals surface area contributed by atoms with Gasteiger partial charge in [-0.2, -0.15) is 0 Å². The molecule has 0 radical (unpaired) electrons. The van der Waals surface area contributed by atoms with Crippen LogP contribution < -0.4 is 0 Å². The molecule has 2 aromatic carbocycles. The van der Waals surface area contributed by atoms with Crippen LogP contribution in [0.4, 0.5) is 0 Å². The van der Waals surface area contributed by atoms with Crippen LogP contribution >= 0.6 is 0 Å². The van der Waals surface area contributed by atoms with Gasteiger partial charge in [0.2, 0.25) is 0 Å². The fourth-order valence-corrected chi connectivity index (χ4v) is 2.79. The summed E-state index contributed by atoms with van der Waals surface area (Å²) >= 11 is 0. The second kappa shape index (κ2) is 6.43. The summed E-state index contributed by atoms with van der Waals surface area (Å²) in [6, 6.07) is 16.5. The summed E-state index contributed by atoms with van der Waals surface area (Å²) in [5, 5.41) is 0. The number of nitrogens with zero attached hydrogens (tertiary/aromatic N) is 4. The standard InChI is InChI=1S/C17H16N4.Pd/c1-3-8-16-14(6-1)18-12-20(16)10-5-11-21-13-19-15-7-2-4-9-17(15)21;/h1-4,6-9,12-13H,5,10-11H2;/q;+2. The molecule has 4 nitrogen and oxygen atoms in total. The van der Waals surface area contributed by atoms with Crippen LogP contribution in [0.25, 0.3) is 22.1 Å². The fraction of sp³-hybridized carbons (Fsp3) is 0.176. The van der Waals surface area contributed by atoms with Crippen molar-refractivity contribution in [2.24, 2.45) is 0 Å². The van der Waals surface area contributed by atoms with E-state index in [1.165, 1.54) is 11.0 Å².